The highest BCUT2D eigenvalue weighted by Gasteiger charge is 2.47. The summed E-state index contributed by atoms with van der Waals surface area (Å²) in [6.45, 7) is 30.6. The number of thiophene rings is 1. The van der Waals surface area contributed by atoms with E-state index in [-0.39, 0.29) is 17.8 Å². The second-order valence-electron chi connectivity index (χ2n) is 13.4. The van der Waals surface area contributed by atoms with Crippen LogP contribution < -0.4 is 20.5 Å². The monoisotopic (exact) mass is 512 g/mol. The second kappa shape index (κ2) is 10.1. The van der Waals surface area contributed by atoms with E-state index >= 15 is 0 Å². The summed E-state index contributed by atoms with van der Waals surface area (Å²) in [4.78, 5) is 5.40. The molecule has 2 nitrogen and oxygen atoms in total. The molecular weight excluding hydrogens is 466 g/mol. The first-order valence-electron chi connectivity index (χ1n) is 13.9. The van der Waals surface area contributed by atoms with E-state index in [4.69, 9.17) is 0 Å². The molecule has 37 heavy (non-hydrogen) atoms. The molecule has 0 saturated carbocycles. The minimum atomic E-state index is 0.114. The van der Waals surface area contributed by atoms with E-state index in [9.17, 15) is 0 Å². The summed E-state index contributed by atoms with van der Waals surface area (Å²) >= 11 is 2.03. The van der Waals surface area contributed by atoms with Crippen molar-refractivity contribution in [1.82, 2.24) is 9.62 Å². The topological polar surface area (TPSA) is 6.48 Å². The van der Waals surface area contributed by atoms with Crippen molar-refractivity contribution in [3.63, 3.8) is 0 Å². The molecule has 0 aliphatic carbocycles. The lowest BCUT2D eigenvalue weighted by Gasteiger charge is -2.40. The van der Waals surface area contributed by atoms with Crippen molar-refractivity contribution in [3.05, 3.63) is 69.8 Å². The summed E-state index contributed by atoms with van der Waals surface area (Å²) in [5.74, 6) is 0. The van der Waals surface area contributed by atoms with E-state index in [1.807, 2.05) is 11.3 Å². The standard InChI is InChI=1S/C32H46B2N2S/c1-21-17-23(3)29(24(4)18-21)33(30-25(5)19-22(2)20-26(30)6)27-13-14-28(37-27)34-35(31(7,8)9)15-16-36(34)32(10,11)12/h13-14,17-20H,15-16H2,1-12H3. The smallest absolute Gasteiger partial charge is 0.318 e. The van der Waals surface area contributed by atoms with E-state index in [0.29, 0.717) is 6.98 Å². The Kier molecular flexibility index (Phi) is 7.67. The molecule has 2 aromatic carbocycles. The average Bonchev–Trinajstić information content (AvgIpc) is 3.38. The minimum Gasteiger partial charge on any atom is -0.318 e. The van der Waals surface area contributed by atoms with Crippen molar-refractivity contribution in [3.8, 4) is 0 Å². The van der Waals surface area contributed by atoms with Crippen molar-refractivity contribution in [1.29, 1.82) is 0 Å². The molecule has 1 saturated heterocycles. The van der Waals surface area contributed by atoms with Gasteiger partial charge < -0.3 is 9.62 Å². The van der Waals surface area contributed by atoms with Gasteiger partial charge in [0.05, 0.1) is 0 Å². The van der Waals surface area contributed by atoms with Crippen LogP contribution in [0.25, 0.3) is 0 Å². The maximum Gasteiger partial charge on any atom is 0.357 e. The van der Waals surface area contributed by atoms with E-state index in [0.717, 1.165) is 13.1 Å². The second-order valence-corrected chi connectivity index (χ2v) is 14.5. The van der Waals surface area contributed by atoms with Crippen molar-refractivity contribution in [2.75, 3.05) is 13.1 Å². The van der Waals surface area contributed by atoms with Crippen molar-refractivity contribution < 1.29 is 0 Å². The van der Waals surface area contributed by atoms with Crippen LogP contribution in [0.5, 0.6) is 0 Å². The number of nitrogens with zero attached hydrogens (tertiary/aromatic N) is 2. The molecule has 2 heterocycles. The minimum absolute atomic E-state index is 0.114. The predicted molar refractivity (Wildman–Crippen MR) is 169 cm³/mol. The molecule has 0 bridgehead atoms. The van der Waals surface area contributed by atoms with E-state index in [1.54, 1.807) is 0 Å². The largest absolute Gasteiger partial charge is 0.357 e. The molecule has 1 fully saturated rings. The molecule has 1 aromatic heterocycles. The van der Waals surface area contributed by atoms with Gasteiger partial charge in [-0.3, -0.25) is 0 Å². The Morgan fingerprint density at radius 3 is 1.38 bits per heavy atom. The molecule has 196 valence electrons. The van der Waals surface area contributed by atoms with Gasteiger partial charge in [-0.05, 0) is 87.9 Å². The summed E-state index contributed by atoms with van der Waals surface area (Å²) in [6, 6.07) is 14.3. The van der Waals surface area contributed by atoms with Crippen LogP contribution in [0.2, 0.25) is 0 Å². The first-order chi connectivity index (χ1) is 17.1. The Morgan fingerprint density at radius 1 is 0.649 bits per heavy atom. The summed E-state index contributed by atoms with van der Waals surface area (Å²) in [7, 11) is 0. The number of rotatable bonds is 4. The average molecular weight is 512 g/mol. The molecule has 1 aliphatic rings. The van der Waals surface area contributed by atoms with Crippen LogP contribution in [0.1, 0.15) is 74.9 Å². The molecule has 4 rings (SSSR count). The highest BCUT2D eigenvalue weighted by Crippen LogP contribution is 2.28. The highest BCUT2D eigenvalue weighted by atomic mass is 32.1. The zero-order valence-corrected chi connectivity index (χ0v) is 26.2. The van der Waals surface area contributed by atoms with Gasteiger partial charge >= 0.3 is 6.98 Å². The number of benzene rings is 2. The maximum absolute atomic E-state index is 2.70. The molecule has 0 N–H and O–H groups in total. The molecule has 0 radical (unpaired) electrons. The molecule has 1 aliphatic heterocycles. The molecule has 0 unspecified atom stereocenters. The molecule has 0 amide bonds. The lowest BCUT2D eigenvalue weighted by atomic mass is 9.37. The van der Waals surface area contributed by atoms with E-state index in [2.05, 4.69) is 129 Å². The fraction of sp³-hybridized carbons (Fsp3) is 0.500. The van der Waals surface area contributed by atoms with Crippen LogP contribution in [0.4, 0.5) is 0 Å². The quantitative estimate of drug-likeness (QED) is 0.453. The third-order valence-corrected chi connectivity index (χ3v) is 9.33. The normalized spacial score (nSPS) is 15.6. The predicted octanol–water partition coefficient (Wildman–Crippen LogP) is 5.02. The van der Waals surface area contributed by atoms with Crippen LogP contribution in [0.3, 0.4) is 0 Å². The van der Waals surface area contributed by atoms with Crippen LogP contribution >= 0.6 is 11.3 Å². The summed E-state index contributed by atoms with van der Waals surface area (Å²) in [6.07, 6.45) is 0. The molecule has 5 heteroatoms. The fourth-order valence-corrected chi connectivity index (χ4v) is 7.98. The first-order valence-corrected chi connectivity index (χ1v) is 14.7. The Morgan fingerprint density at radius 2 is 1.03 bits per heavy atom. The van der Waals surface area contributed by atoms with Gasteiger partial charge in [-0.2, -0.15) is 11.3 Å². The van der Waals surface area contributed by atoms with Crippen molar-refractivity contribution in [2.45, 2.75) is 94.2 Å². The van der Waals surface area contributed by atoms with Gasteiger partial charge in [-0.1, -0.05) is 80.7 Å². The van der Waals surface area contributed by atoms with Gasteiger partial charge in [0.2, 0.25) is 0 Å². The zero-order valence-electron chi connectivity index (χ0n) is 25.3. The third-order valence-electron chi connectivity index (χ3n) is 8.14. The van der Waals surface area contributed by atoms with Gasteiger partial charge in [-0.15, -0.1) is 0 Å². The Balaban J connectivity index is 1.92. The molecule has 0 atom stereocenters. The Bertz CT molecular complexity index is 1170. The highest BCUT2D eigenvalue weighted by molar-refractivity contribution is 7.34. The number of hydrogen-bond donors (Lipinski definition) is 0. The Labute approximate surface area is 231 Å². The van der Waals surface area contributed by atoms with Gasteiger partial charge in [0.1, 0.15) is 0 Å². The molecular formula is C32H46B2N2S. The first kappa shape index (κ1) is 28.2. The van der Waals surface area contributed by atoms with Gasteiger partial charge in [0.25, 0.3) is 6.71 Å². The summed E-state index contributed by atoms with van der Waals surface area (Å²) < 4.78 is 2.92. The Hall–Kier alpha value is -1.81. The summed E-state index contributed by atoms with van der Waals surface area (Å²) in [5, 5.41) is 0. The van der Waals surface area contributed by atoms with E-state index < -0.39 is 0 Å². The van der Waals surface area contributed by atoms with Gasteiger partial charge in [0.15, 0.2) is 0 Å². The molecule has 3 aromatic rings. The van der Waals surface area contributed by atoms with Crippen LogP contribution in [-0.4, -0.2) is 47.5 Å². The maximum atomic E-state index is 2.70. The van der Waals surface area contributed by atoms with Crippen LogP contribution in [0.15, 0.2) is 36.4 Å². The van der Waals surface area contributed by atoms with Crippen molar-refractivity contribution >= 4 is 45.5 Å². The van der Waals surface area contributed by atoms with Crippen molar-refractivity contribution in [2.24, 2.45) is 0 Å². The molecule has 0 spiro atoms. The SMILES string of the molecule is Cc1cc(C)c(B(c2ccc(B3N(C(C)(C)C)CCN3C(C)(C)C)s2)c2c(C)cc(C)cc2C)c(C)c1. The lowest BCUT2D eigenvalue weighted by Crippen LogP contribution is -2.62. The zero-order chi connectivity index (χ0) is 27.4. The fourth-order valence-electron chi connectivity index (χ4n) is 6.72. The van der Waals surface area contributed by atoms with Crippen LogP contribution in [0, 0.1) is 41.5 Å². The van der Waals surface area contributed by atoms with Gasteiger partial charge in [0, 0.05) is 28.9 Å². The van der Waals surface area contributed by atoms with E-state index in [1.165, 1.54) is 53.9 Å². The summed E-state index contributed by atoms with van der Waals surface area (Å²) in [5.41, 5.74) is 11.4. The number of hydrogen-bond acceptors (Lipinski definition) is 3. The third kappa shape index (κ3) is 5.51. The van der Waals surface area contributed by atoms with Crippen LogP contribution in [-0.2, 0) is 0 Å². The van der Waals surface area contributed by atoms with Gasteiger partial charge in [-0.25, -0.2) is 0 Å². The lowest BCUT2D eigenvalue weighted by molar-refractivity contribution is 0.271. The number of aryl methyl sites for hydroxylation is 6.